The molecule has 0 unspecified atom stereocenters. The number of nitrogens with zero attached hydrogens (tertiary/aromatic N) is 2. The van der Waals surface area contributed by atoms with Crippen LogP contribution in [0.25, 0.3) is 6.08 Å². The zero-order valence-electron chi connectivity index (χ0n) is 11.6. The van der Waals surface area contributed by atoms with Crippen LogP contribution in [0, 0.1) is 0 Å². The van der Waals surface area contributed by atoms with Gasteiger partial charge in [0, 0.05) is 30.1 Å². The van der Waals surface area contributed by atoms with Crippen molar-refractivity contribution in [2.24, 2.45) is 0 Å². The molecular formula is C15H16N2O4. The molecule has 6 nitrogen and oxygen atoms in total. The summed E-state index contributed by atoms with van der Waals surface area (Å²) < 4.78 is 12.8. The van der Waals surface area contributed by atoms with Crippen molar-refractivity contribution in [2.45, 2.75) is 6.54 Å². The molecule has 0 radical (unpaired) electrons. The maximum atomic E-state index is 10.6. The number of carbonyl (C=O) groups is 1. The quantitative estimate of drug-likeness (QED) is 0.789. The van der Waals surface area contributed by atoms with Gasteiger partial charge in [-0.2, -0.15) is 0 Å². The molecule has 6 heteroatoms. The van der Waals surface area contributed by atoms with Crippen LogP contribution in [0.5, 0.6) is 11.5 Å². The van der Waals surface area contributed by atoms with Crippen LogP contribution >= 0.6 is 0 Å². The number of imidazole rings is 1. The van der Waals surface area contributed by atoms with Gasteiger partial charge >= 0.3 is 5.97 Å². The molecule has 0 bridgehead atoms. The van der Waals surface area contributed by atoms with E-state index in [2.05, 4.69) is 4.98 Å². The molecule has 110 valence electrons. The summed E-state index contributed by atoms with van der Waals surface area (Å²) in [6, 6.07) is 5.24. The number of ether oxygens (including phenoxy) is 2. The molecule has 0 saturated heterocycles. The second-order valence-electron chi connectivity index (χ2n) is 4.22. The lowest BCUT2D eigenvalue weighted by Crippen LogP contribution is -2.07. The lowest BCUT2D eigenvalue weighted by atomic mass is 10.1. The van der Waals surface area contributed by atoms with E-state index >= 15 is 0 Å². The fraction of sp³-hybridized carbons (Fsp3) is 0.200. The van der Waals surface area contributed by atoms with Crippen LogP contribution in [0.4, 0.5) is 0 Å². The van der Waals surface area contributed by atoms with E-state index in [1.165, 1.54) is 6.08 Å². The van der Waals surface area contributed by atoms with Gasteiger partial charge in [0.15, 0.2) is 0 Å². The van der Waals surface area contributed by atoms with E-state index in [0.29, 0.717) is 30.2 Å². The van der Waals surface area contributed by atoms with Gasteiger partial charge in [0.25, 0.3) is 0 Å². The number of carboxylic acid groups (broad SMARTS) is 1. The third-order valence-corrected chi connectivity index (χ3v) is 2.79. The minimum Gasteiger partial charge on any atom is -0.497 e. The van der Waals surface area contributed by atoms with Crippen LogP contribution in [0.1, 0.15) is 5.56 Å². The average molecular weight is 288 g/mol. The predicted octanol–water partition coefficient (Wildman–Crippen LogP) is 2.07. The van der Waals surface area contributed by atoms with E-state index in [1.54, 1.807) is 37.8 Å². The first-order valence-electron chi connectivity index (χ1n) is 6.36. The number of hydrogen-bond acceptors (Lipinski definition) is 4. The Kier molecular flexibility index (Phi) is 4.98. The van der Waals surface area contributed by atoms with E-state index in [1.807, 2.05) is 10.8 Å². The van der Waals surface area contributed by atoms with Gasteiger partial charge in [0.2, 0.25) is 0 Å². The highest BCUT2D eigenvalue weighted by Crippen LogP contribution is 2.26. The molecule has 0 aliphatic carbocycles. The van der Waals surface area contributed by atoms with Crippen molar-refractivity contribution >= 4 is 12.0 Å². The van der Waals surface area contributed by atoms with Crippen molar-refractivity contribution in [3.05, 3.63) is 48.6 Å². The summed E-state index contributed by atoms with van der Waals surface area (Å²) in [4.78, 5) is 14.6. The van der Waals surface area contributed by atoms with E-state index < -0.39 is 5.97 Å². The van der Waals surface area contributed by atoms with Crippen LogP contribution in [-0.4, -0.2) is 34.3 Å². The third kappa shape index (κ3) is 4.38. The largest absolute Gasteiger partial charge is 0.497 e. The summed E-state index contributed by atoms with van der Waals surface area (Å²) in [5.41, 5.74) is 0.684. The Bertz CT molecular complexity index is 621. The molecule has 1 aromatic carbocycles. The molecule has 0 amide bonds. The molecule has 2 aromatic rings. The zero-order chi connectivity index (χ0) is 15.1. The van der Waals surface area contributed by atoms with Crippen molar-refractivity contribution in [3.8, 4) is 11.5 Å². The highest BCUT2D eigenvalue weighted by Gasteiger charge is 2.04. The maximum absolute atomic E-state index is 10.6. The molecule has 21 heavy (non-hydrogen) atoms. The number of rotatable bonds is 7. The molecule has 0 fully saturated rings. The van der Waals surface area contributed by atoms with Gasteiger partial charge in [0.1, 0.15) is 18.1 Å². The first-order valence-corrected chi connectivity index (χ1v) is 6.36. The smallest absolute Gasteiger partial charge is 0.328 e. The zero-order valence-corrected chi connectivity index (χ0v) is 11.6. The second kappa shape index (κ2) is 7.14. The minimum absolute atomic E-state index is 0.442. The standard InChI is InChI=1S/C15H16N2O4/c1-20-13-4-2-12(3-5-15(18)19)14(10-13)21-9-8-17-7-6-16-11-17/h2-7,10-11H,8-9H2,1H3,(H,18,19)/b5-3+. The molecule has 0 aliphatic rings. The highest BCUT2D eigenvalue weighted by molar-refractivity contribution is 5.86. The molecule has 1 aromatic heterocycles. The number of aromatic nitrogens is 2. The molecule has 1 heterocycles. The number of hydrogen-bond donors (Lipinski definition) is 1. The highest BCUT2D eigenvalue weighted by atomic mass is 16.5. The number of carboxylic acids is 1. The fourth-order valence-electron chi connectivity index (χ4n) is 1.75. The average Bonchev–Trinajstić information content (AvgIpc) is 2.99. The van der Waals surface area contributed by atoms with Crippen molar-refractivity contribution < 1.29 is 19.4 Å². The Morgan fingerprint density at radius 3 is 3.00 bits per heavy atom. The summed E-state index contributed by atoms with van der Waals surface area (Å²) >= 11 is 0. The molecule has 2 rings (SSSR count). The van der Waals surface area contributed by atoms with Gasteiger partial charge in [-0.1, -0.05) is 0 Å². The van der Waals surface area contributed by atoms with E-state index in [9.17, 15) is 4.79 Å². The van der Waals surface area contributed by atoms with Crippen molar-refractivity contribution in [1.29, 1.82) is 0 Å². The van der Waals surface area contributed by atoms with Gasteiger partial charge in [-0.05, 0) is 18.2 Å². The Balaban J connectivity index is 2.08. The molecular weight excluding hydrogens is 272 g/mol. The fourth-order valence-corrected chi connectivity index (χ4v) is 1.75. The second-order valence-corrected chi connectivity index (χ2v) is 4.22. The molecule has 1 N–H and O–H groups in total. The topological polar surface area (TPSA) is 73.6 Å². The van der Waals surface area contributed by atoms with Gasteiger partial charge in [-0.15, -0.1) is 0 Å². The Labute approximate surface area is 122 Å². The molecule has 0 saturated carbocycles. The van der Waals surface area contributed by atoms with Gasteiger partial charge < -0.3 is 19.1 Å². The monoisotopic (exact) mass is 288 g/mol. The number of methoxy groups -OCH3 is 1. The first kappa shape index (κ1) is 14.6. The van der Waals surface area contributed by atoms with E-state index in [4.69, 9.17) is 14.6 Å². The normalized spacial score (nSPS) is 10.7. The van der Waals surface area contributed by atoms with Crippen LogP contribution in [0.15, 0.2) is 43.0 Å². The lowest BCUT2D eigenvalue weighted by molar-refractivity contribution is -0.131. The number of aliphatic carboxylic acids is 1. The van der Waals surface area contributed by atoms with E-state index in [-0.39, 0.29) is 0 Å². The summed E-state index contributed by atoms with van der Waals surface area (Å²) in [6.07, 6.45) is 7.83. The third-order valence-electron chi connectivity index (χ3n) is 2.79. The summed E-state index contributed by atoms with van der Waals surface area (Å²) in [6.45, 7) is 1.09. The van der Waals surface area contributed by atoms with Crippen molar-refractivity contribution in [1.82, 2.24) is 9.55 Å². The summed E-state index contributed by atoms with van der Waals surface area (Å²) in [5, 5.41) is 8.70. The van der Waals surface area contributed by atoms with Crippen LogP contribution < -0.4 is 9.47 Å². The predicted molar refractivity (Wildman–Crippen MR) is 77.4 cm³/mol. The van der Waals surface area contributed by atoms with Gasteiger partial charge in [0.05, 0.1) is 20.0 Å². The van der Waals surface area contributed by atoms with Crippen molar-refractivity contribution in [2.75, 3.05) is 13.7 Å². The molecule has 0 atom stereocenters. The summed E-state index contributed by atoms with van der Waals surface area (Å²) in [7, 11) is 1.57. The minimum atomic E-state index is -1.00. The molecule has 0 spiro atoms. The Hall–Kier alpha value is -2.76. The van der Waals surface area contributed by atoms with Crippen LogP contribution in [0.2, 0.25) is 0 Å². The Morgan fingerprint density at radius 1 is 1.48 bits per heavy atom. The molecule has 0 aliphatic heterocycles. The maximum Gasteiger partial charge on any atom is 0.328 e. The van der Waals surface area contributed by atoms with Crippen molar-refractivity contribution in [3.63, 3.8) is 0 Å². The van der Waals surface area contributed by atoms with Gasteiger partial charge in [-0.25, -0.2) is 9.78 Å². The first-order chi connectivity index (χ1) is 10.2. The Morgan fingerprint density at radius 2 is 2.33 bits per heavy atom. The number of benzene rings is 1. The van der Waals surface area contributed by atoms with E-state index in [0.717, 1.165) is 6.08 Å². The van der Waals surface area contributed by atoms with Gasteiger partial charge in [-0.3, -0.25) is 0 Å². The summed E-state index contributed by atoms with van der Waals surface area (Å²) in [5.74, 6) is 0.224. The SMILES string of the molecule is COc1ccc(/C=C/C(=O)O)c(OCCn2ccnc2)c1. The van der Waals surface area contributed by atoms with Crippen LogP contribution in [0.3, 0.4) is 0 Å². The van der Waals surface area contributed by atoms with Crippen LogP contribution in [-0.2, 0) is 11.3 Å². The lowest BCUT2D eigenvalue weighted by Gasteiger charge is -2.11.